The molecule has 0 aromatic heterocycles. The third-order valence-electron chi connectivity index (χ3n) is 7.48. The second-order valence-electron chi connectivity index (χ2n) is 11.7. The number of sulfonamides is 1. The van der Waals surface area contributed by atoms with Crippen molar-refractivity contribution in [1.29, 1.82) is 5.26 Å². The third kappa shape index (κ3) is 7.16. The average Bonchev–Trinajstić information content (AvgIpc) is 3.03. The van der Waals surface area contributed by atoms with E-state index in [1.165, 1.54) is 29.2 Å². The van der Waals surface area contributed by atoms with Gasteiger partial charge in [-0.3, -0.25) is 4.90 Å². The van der Waals surface area contributed by atoms with Gasteiger partial charge < -0.3 is 24.8 Å². The molecule has 2 heterocycles. The summed E-state index contributed by atoms with van der Waals surface area (Å²) < 4.78 is 44.8. The first-order valence-corrected chi connectivity index (χ1v) is 16.0. The van der Waals surface area contributed by atoms with Crippen LogP contribution in [0.3, 0.4) is 0 Å². The van der Waals surface area contributed by atoms with E-state index in [9.17, 15) is 28.1 Å². The highest BCUT2D eigenvalue weighted by Gasteiger charge is 2.43. The van der Waals surface area contributed by atoms with Crippen LogP contribution in [0, 0.1) is 11.3 Å². The van der Waals surface area contributed by atoms with Crippen LogP contribution in [0.4, 0.5) is 10.5 Å². The predicted octanol–water partition coefficient (Wildman–Crippen LogP) is 3.26. The molecule has 244 valence electrons. The third-order valence-corrected chi connectivity index (χ3v) is 9.02. The van der Waals surface area contributed by atoms with Crippen LogP contribution in [0.1, 0.15) is 45.1 Å². The van der Waals surface area contributed by atoms with Gasteiger partial charge in [-0.1, -0.05) is 30.3 Å². The number of ether oxygens (including phenoxy) is 3. The summed E-state index contributed by atoms with van der Waals surface area (Å²) in [5.74, 6) is -2.97. The molecule has 13 nitrogen and oxygen atoms in total. The Balaban J connectivity index is 1.65. The number of nitrogens with one attached hydrogen (secondary N) is 1. The number of rotatable bonds is 7. The normalized spacial score (nSPS) is 17.8. The monoisotopic (exact) mass is 651 g/mol. The van der Waals surface area contributed by atoms with Gasteiger partial charge in [-0.2, -0.15) is 5.26 Å². The molecule has 1 fully saturated rings. The lowest BCUT2D eigenvalue weighted by Gasteiger charge is -2.36. The maximum Gasteiger partial charge on any atom is 0.410 e. The summed E-state index contributed by atoms with van der Waals surface area (Å²) in [5.41, 5.74) is 6.14. The molecule has 2 aromatic carbocycles. The van der Waals surface area contributed by atoms with Crippen LogP contribution in [0.15, 0.2) is 82.2 Å². The largest absolute Gasteiger partial charge is 0.466 e. The molecule has 46 heavy (non-hydrogen) atoms. The zero-order valence-corrected chi connectivity index (χ0v) is 27.1. The number of hydrogen-bond donors (Lipinski definition) is 2. The van der Waals surface area contributed by atoms with Gasteiger partial charge in [0.1, 0.15) is 17.1 Å². The second-order valence-corrected chi connectivity index (χ2v) is 13.4. The summed E-state index contributed by atoms with van der Waals surface area (Å²) in [6.07, 6.45) is 0.351. The number of benzene rings is 2. The van der Waals surface area contributed by atoms with Gasteiger partial charge in [0.25, 0.3) is 0 Å². The van der Waals surface area contributed by atoms with Crippen molar-refractivity contribution >= 4 is 33.7 Å². The molecule has 2 aliphatic rings. The summed E-state index contributed by atoms with van der Waals surface area (Å²) in [6.45, 7) is 6.00. The summed E-state index contributed by atoms with van der Waals surface area (Å²) >= 11 is 0. The Morgan fingerprint density at radius 2 is 1.54 bits per heavy atom. The van der Waals surface area contributed by atoms with Crippen molar-refractivity contribution in [2.75, 3.05) is 32.2 Å². The number of amides is 1. The molecule has 2 aromatic rings. The lowest BCUT2D eigenvalue weighted by molar-refractivity contribution is -0.139. The summed E-state index contributed by atoms with van der Waals surface area (Å²) in [7, 11) is -1.70. The van der Waals surface area contributed by atoms with Crippen LogP contribution in [0.2, 0.25) is 0 Å². The summed E-state index contributed by atoms with van der Waals surface area (Å²) in [6, 6.07) is 15.7. The van der Waals surface area contributed by atoms with Crippen molar-refractivity contribution in [3.63, 3.8) is 0 Å². The van der Waals surface area contributed by atoms with Crippen LogP contribution in [0.25, 0.3) is 0 Å². The van der Waals surface area contributed by atoms with E-state index < -0.39 is 45.6 Å². The molecule has 1 saturated heterocycles. The fraction of sp³-hybridized carbons (Fsp3) is 0.375. The first-order valence-electron chi connectivity index (χ1n) is 14.5. The standard InChI is InChI=1S/C32H37N5O8S/c1-32(2,3)45-31(40)36-17-15-21(16-18-36)35-46(41,42)23-13-11-22(12-14-23)37-27(30(39)44-5)26(29(38)43-4)25(24(19-33)28(37)34)20-9-7-6-8-10-20/h6-14,21,25,35H,15-18,34H2,1-5H3. The van der Waals surface area contributed by atoms with Crippen molar-refractivity contribution in [1.82, 2.24) is 9.62 Å². The molecule has 1 unspecified atom stereocenters. The van der Waals surface area contributed by atoms with E-state index in [1.54, 1.807) is 56.0 Å². The highest BCUT2D eigenvalue weighted by molar-refractivity contribution is 7.89. The number of nitriles is 1. The molecule has 0 radical (unpaired) electrons. The molecule has 14 heteroatoms. The first kappa shape index (κ1) is 34.0. The Hall–Kier alpha value is -4.87. The minimum Gasteiger partial charge on any atom is -0.466 e. The topological polar surface area (TPSA) is 181 Å². The van der Waals surface area contributed by atoms with Crippen LogP contribution >= 0.6 is 0 Å². The number of anilines is 1. The lowest BCUT2D eigenvalue weighted by Crippen LogP contribution is -2.47. The summed E-state index contributed by atoms with van der Waals surface area (Å²) in [4.78, 5) is 41.5. The Bertz CT molecular complexity index is 1700. The number of esters is 2. The molecule has 0 aliphatic carbocycles. The zero-order valence-electron chi connectivity index (χ0n) is 26.3. The predicted molar refractivity (Wildman–Crippen MR) is 167 cm³/mol. The van der Waals surface area contributed by atoms with E-state index in [1.807, 2.05) is 0 Å². The number of allylic oxidation sites excluding steroid dienone is 1. The van der Waals surface area contributed by atoms with E-state index >= 15 is 0 Å². The van der Waals surface area contributed by atoms with Gasteiger partial charge >= 0.3 is 18.0 Å². The fourth-order valence-electron chi connectivity index (χ4n) is 5.35. The smallest absolute Gasteiger partial charge is 0.410 e. The number of nitrogens with two attached hydrogens (primary N) is 1. The lowest BCUT2D eigenvalue weighted by atomic mass is 9.81. The van der Waals surface area contributed by atoms with Crippen LogP contribution in [-0.2, 0) is 33.8 Å². The molecule has 1 amide bonds. The Kier molecular flexibility index (Phi) is 10.1. The van der Waals surface area contributed by atoms with E-state index in [2.05, 4.69) is 10.8 Å². The van der Waals surface area contributed by atoms with Gasteiger partial charge in [0.05, 0.1) is 42.2 Å². The van der Waals surface area contributed by atoms with Gasteiger partial charge in [-0.05, 0) is 63.4 Å². The quantitative estimate of drug-likeness (QED) is 0.331. The molecule has 3 N–H and O–H groups in total. The van der Waals surface area contributed by atoms with Crippen molar-refractivity contribution in [3.05, 3.63) is 82.8 Å². The van der Waals surface area contributed by atoms with Crippen molar-refractivity contribution in [3.8, 4) is 6.07 Å². The Morgan fingerprint density at radius 1 is 0.957 bits per heavy atom. The van der Waals surface area contributed by atoms with E-state index in [-0.39, 0.29) is 33.2 Å². The summed E-state index contributed by atoms with van der Waals surface area (Å²) in [5, 5.41) is 10.2. The van der Waals surface area contributed by atoms with Gasteiger partial charge in [-0.25, -0.2) is 27.5 Å². The minimum atomic E-state index is -3.99. The van der Waals surface area contributed by atoms with Crippen molar-refractivity contribution in [2.45, 2.75) is 56.1 Å². The number of hydrogen-bond acceptors (Lipinski definition) is 11. The highest BCUT2D eigenvalue weighted by atomic mass is 32.2. The number of piperidine rings is 1. The first-order chi connectivity index (χ1) is 21.7. The Labute approximate surface area is 268 Å². The second kappa shape index (κ2) is 13.6. The van der Waals surface area contributed by atoms with E-state index in [0.29, 0.717) is 31.5 Å². The van der Waals surface area contributed by atoms with Gasteiger partial charge in [0, 0.05) is 24.8 Å². The molecule has 4 rings (SSSR count). The number of nitrogens with zero attached hydrogens (tertiary/aromatic N) is 3. The molecule has 0 saturated carbocycles. The molecule has 1 atom stereocenters. The van der Waals surface area contributed by atoms with Crippen LogP contribution < -0.4 is 15.4 Å². The SMILES string of the molecule is COC(=O)C1=C(C(=O)OC)N(c2ccc(S(=O)(=O)NC3CCN(C(=O)OC(C)(C)C)CC3)cc2)C(N)=C(C#N)C1c1ccccc1. The Morgan fingerprint density at radius 3 is 2.07 bits per heavy atom. The van der Waals surface area contributed by atoms with E-state index in [0.717, 1.165) is 14.2 Å². The number of carbonyl (C=O) groups is 3. The van der Waals surface area contributed by atoms with Gasteiger partial charge in [-0.15, -0.1) is 0 Å². The average molecular weight is 652 g/mol. The fourth-order valence-corrected chi connectivity index (χ4v) is 6.65. The molecule has 0 bridgehead atoms. The van der Waals surface area contributed by atoms with Crippen LogP contribution in [0.5, 0.6) is 0 Å². The van der Waals surface area contributed by atoms with Gasteiger partial charge in [0.15, 0.2) is 0 Å². The zero-order chi connectivity index (χ0) is 33.8. The van der Waals surface area contributed by atoms with E-state index in [4.69, 9.17) is 19.9 Å². The molecule has 0 spiro atoms. The maximum absolute atomic E-state index is 13.3. The molecular formula is C32H37N5O8S. The highest BCUT2D eigenvalue weighted by Crippen LogP contribution is 2.43. The van der Waals surface area contributed by atoms with Crippen LogP contribution in [-0.4, -0.2) is 70.3 Å². The molecular weight excluding hydrogens is 614 g/mol. The van der Waals surface area contributed by atoms with Gasteiger partial charge in [0.2, 0.25) is 10.0 Å². The molecule has 2 aliphatic heterocycles. The van der Waals surface area contributed by atoms with Crippen molar-refractivity contribution < 1.29 is 37.0 Å². The van der Waals surface area contributed by atoms with Crippen molar-refractivity contribution in [2.24, 2.45) is 5.73 Å². The minimum absolute atomic E-state index is 0.0182. The number of methoxy groups -OCH3 is 2. The number of likely N-dealkylation sites (tertiary alicyclic amines) is 1. The maximum atomic E-state index is 13.3. The number of carbonyl (C=O) groups excluding carboxylic acids is 3.